The van der Waals surface area contributed by atoms with E-state index < -0.39 is 29.9 Å². The molecule has 11 aromatic rings. The fraction of sp³-hybridized carbons (Fsp3) is 0.469. The number of cyclic esters (lactones) is 1. The van der Waals surface area contributed by atoms with Gasteiger partial charge < -0.3 is 54.2 Å². The number of ether oxygens (including phenoxy) is 1. The van der Waals surface area contributed by atoms with Crippen molar-refractivity contribution in [2.45, 2.75) is 102 Å². The van der Waals surface area contributed by atoms with Crippen LogP contribution in [0.5, 0.6) is 0 Å². The molecule has 0 bridgehead atoms. The van der Waals surface area contributed by atoms with Crippen molar-refractivity contribution in [2.75, 3.05) is 141 Å². The van der Waals surface area contributed by atoms with E-state index in [1.165, 1.54) is 86.0 Å². The van der Waals surface area contributed by atoms with Crippen molar-refractivity contribution in [3.63, 3.8) is 0 Å². The predicted octanol–water partition coefficient (Wildman–Crippen LogP) is 10.8. The molecule has 9 heterocycles. The third kappa shape index (κ3) is 23.7. The number of sulfone groups is 1. The van der Waals surface area contributed by atoms with Gasteiger partial charge in [-0.2, -0.15) is 5.10 Å². The Morgan fingerprint density at radius 1 is 0.533 bits per heavy atom. The number of sulfonamides is 2. The number of fused-ring (bicyclic) bond motifs is 5. The summed E-state index contributed by atoms with van der Waals surface area (Å²) in [6, 6.07) is 31.1. The Balaban J connectivity index is 0.000000143. The highest BCUT2D eigenvalue weighted by Gasteiger charge is 2.27. The van der Waals surface area contributed by atoms with E-state index in [1.54, 1.807) is 23.9 Å². The number of aromatic amines is 5. The average molecular weight is 1520 g/mol. The molecule has 0 saturated carbocycles. The normalized spacial score (nSPS) is 15.5. The predicted molar refractivity (Wildman–Crippen MR) is 435 cm³/mol. The number of aryl methyl sites for hydroxylation is 1. The van der Waals surface area contributed by atoms with E-state index in [1.807, 2.05) is 73.6 Å². The first kappa shape index (κ1) is 81.5. The number of likely N-dealkylation sites (tertiary alicyclic amines) is 1. The number of hydrogen-bond donors (Lipinski definition) is 6. The van der Waals surface area contributed by atoms with Gasteiger partial charge in [-0.15, -0.1) is 0 Å². The van der Waals surface area contributed by atoms with Crippen molar-refractivity contribution in [3.8, 4) is 0 Å². The van der Waals surface area contributed by atoms with Crippen LogP contribution in [0.2, 0.25) is 0 Å². The first-order valence-electron chi connectivity index (χ1n) is 37.5. The van der Waals surface area contributed by atoms with Crippen molar-refractivity contribution in [3.05, 3.63) is 190 Å². The highest BCUT2D eigenvalue weighted by molar-refractivity contribution is 7.90. The van der Waals surface area contributed by atoms with Crippen molar-refractivity contribution >= 4 is 90.4 Å². The van der Waals surface area contributed by atoms with E-state index in [0.29, 0.717) is 44.4 Å². The summed E-state index contributed by atoms with van der Waals surface area (Å²) in [6.07, 6.45) is 24.1. The molecule has 14 rings (SSSR count). The van der Waals surface area contributed by atoms with Crippen LogP contribution in [0.3, 0.4) is 0 Å². The fourth-order valence-corrected chi connectivity index (χ4v) is 17.2. The number of rotatable bonds is 27. The van der Waals surface area contributed by atoms with E-state index in [-0.39, 0.29) is 29.0 Å². The molecule has 3 aliphatic rings. The number of aromatic nitrogens is 8. The molecule has 1 atom stereocenters. The third-order valence-electron chi connectivity index (χ3n) is 20.5. The molecular weight excluding hydrogens is 1410 g/mol. The van der Waals surface area contributed by atoms with Crippen LogP contribution in [-0.2, 0) is 96.0 Å². The number of hydrogen-bond acceptors (Lipinski definition) is 15. The summed E-state index contributed by atoms with van der Waals surface area (Å²) in [4.78, 5) is 42.8. The third-order valence-corrected chi connectivity index (χ3v) is 25.3. The molecule has 5 aromatic carbocycles. The maximum atomic E-state index is 12.5. The number of H-pyrrole nitrogens is 5. The molecule has 0 unspecified atom stereocenters. The van der Waals surface area contributed by atoms with Gasteiger partial charge in [-0.25, -0.2) is 43.9 Å². The van der Waals surface area contributed by atoms with Gasteiger partial charge >= 0.3 is 5.97 Å². The topological polar surface area (TPSA) is 270 Å². The summed E-state index contributed by atoms with van der Waals surface area (Å²) in [7, 11) is 10.9. The van der Waals surface area contributed by atoms with E-state index >= 15 is 0 Å². The molecule has 3 aliphatic heterocycles. The lowest BCUT2D eigenvalue weighted by atomic mass is 9.89. The number of benzene rings is 5. The minimum Gasteiger partial charge on any atom is -0.465 e. The van der Waals surface area contributed by atoms with E-state index in [2.05, 4.69) is 181 Å². The minimum atomic E-state index is -3.19. The molecule has 578 valence electrons. The van der Waals surface area contributed by atoms with Crippen LogP contribution in [0.1, 0.15) is 101 Å². The van der Waals surface area contributed by atoms with Gasteiger partial charge in [0.15, 0.2) is 9.84 Å². The van der Waals surface area contributed by atoms with Crippen LogP contribution < -0.4 is 4.72 Å². The van der Waals surface area contributed by atoms with Crippen LogP contribution in [0.15, 0.2) is 135 Å². The lowest BCUT2D eigenvalue weighted by Crippen LogP contribution is -2.29. The second kappa shape index (κ2) is 37.9. The first-order valence-corrected chi connectivity index (χ1v) is 42.6. The lowest BCUT2D eigenvalue weighted by Gasteiger charge is -2.28. The highest BCUT2D eigenvalue weighted by Crippen LogP contribution is 2.34. The van der Waals surface area contributed by atoms with E-state index in [0.717, 1.165) is 135 Å². The quantitative estimate of drug-likeness (QED) is 0.0261. The molecule has 107 heavy (non-hydrogen) atoms. The second-order valence-electron chi connectivity index (χ2n) is 30.1. The van der Waals surface area contributed by atoms with Gasteiger partial charge in [-0.3, -0.25) is 4.79 Å². The number of nitrogens with zero attached hydrogens (tertiary/aromatic N) is 9. The Morgan fingerprint density at radius 3 is 1.41 bits per heavy atom. The van der Waals surface area contributed by atoms with Gasteiger partial charge in [-0.1, -0.05) is 37.3 Å². The zero-order chi connectivity index (χ0) is 76.4. The molecule has 0 amide bonds. The summed E-state index contributed by atoms with van der Waals surface area (Å²) in [6.45, 7) is 10.7. The molecule has 6 N–H and O–H groups in total. The molecule has 26 heteroatoms. The van der Waals surface area contributed by atoms with E-state index in [9.17, 15) is 30.0 Å². The molecule has 3 saturated heterocycles. The van der Waals surface area contributed by atoms with Gasteiger partial charge in [0.05, 0.1) is 36.8 Å². The summed E-state index contributed by atoms with van der Waals surface area (Å²) in [5, 5.41) is 10.3. The number of nitrogens with one attached hydrogen (secondary N) is 6. The van der Waals surface area contributed by atoms with Gasteiger partial charge in [0.25, 0.3) is 0 Å². The first-order chi connectivity index (χ1) is 51.2. The van der Waals surface area contributed by atoms with E-state index in [4.69, 9.17) is 4.74 Å². The summed E-state index contributed by atoms with van der Waals surface area (Å²) in [5.74, 6) is 1.40. The average Bonchev–Trinajstić information content (AvgIpc) is 1.61. The zero-order valence-corrected chi connectivity index (χ0v) is 67.0. The largest absolute Gasteiger partial charge is 0.465 e. The molecule has 23 nitrogen and oxygen atoms in total. The monoisotopic (exact) mass is 1520 g/mol. The maximum Gasteiger partial charge on any atom is 0.306 e. The Bertz CT molecular complexity index is 5020. The van der Waals surface area contributed by atoms with Crippen LogP contribution in [0, 0.1) is 5.92 Å². The smallest absolute Gasteiger partial charge is 0.306 e. The molecule has 0 spiro atoms. The molecule has 0 aliphatic carbocycles. The Hall–Kier alpha value is -8.02. The van der Waals surface area contributed by atoms with Gasteiger partial charge in [0.1, 0.15) is 12.7 Å². The van der Waals surface area contributed by atoms with Gasteiger partial charge in [0, 0.05) is 136 Å². The van der Waals surface area contributed by atoms with Crippen LogP contribution in [0.4, 0.5) is 0 Å². The standard InChI is InChI=1S/2C17H25N3O2S.C17H22N2O2.C15H19N5.C15H22N2O2S/c1-18-23(21,22)10-7-13-3-4-17-15(11-13)16(12-19-17)14-5-8-20(2)9-6-14;1-19(2)10-7-15-12-18-17-6-5-14(11-16(15)17)13-23(21,22)20-8-3-4-9-20;1-19(2)6-5-14-10-18-16-4-3-12(8-15(14)16)7-13-9-17(20)21-11-13;1-19(2)6-5-13-8-17-15-4-3-12(7-14(13)15)9-20-11-16-10-18-20;1-4-20(18,19)11-12-5-6-15-14(9-12)13(10-16-15)7-8-17(2)3/h3-4,11-12,14,18-19H,5-10H2,1-2H3;5-6,11-12,18H,3-4,7-10,13H2,1-2H3;3-4,8,10,13,18H,5-7,9,11H2,1-2H3;3-4,7-8,10-11,17H,5-6,9H2,1-2H3;5-6,9-10,16H,4,7-8,11H2,1-3H3/t;;13-;;/m..1../s1. The van der Waals surface area contributed by atoms with Gasteiger partial charge in [-0.05, 0) is 270 Å². The van der Waals surface area contributed by atoms with Crippen molar-refractivity contribution < 1.29 is 34.8 Å². The Labute approximate surface area is 633 Å². The number of esters is 1. The van der Waals surface area contributed by atoms with Crippen LogP contribution >= 0.6 is 0 Å². The van der Waals surface area contributed by atoms with Crippen LogP contribution in [0.25, 0.3) is 54.5 Å². The van der Waals surface area contributed by atoms with Crippen LogP contribution in [-0.4, -0.2) is 241 Å². The fourth-order valence-electron chi connectivity index (χ4n) is 14.0. The van der Waals surface area contributed by atoms with Crippen molar-refractivity contribution in [1.29, 1.82) is 0 Å². The molecular formula is C81H113N15O8S3. The van der Waals surface area contributed by atoms with Gasteiger partial charge in [0.2, 0.25) is 20.0 Å². The summed E-state index contributed by atoms with van der Waals surface area (Å²) in [5.41, 5.74) is 17.6. The highest BCUT2D eigenvalue weighted by atomic mass is 32.2. The second-order valence-corrected chi connectivity index (χ2v) is 36.4. The SMILES string of the molecule is CCS(=O)(=O)Cc1ccc2[nH]cc(CCN(C)C)c2c1.CN(C)CCc1c[nH]c2ccc(CS(=O)(=O)N3CCCC3)cc12.CN(C)CCc1c[nH]c2ccc(C[C@H]3COC(=O)C3)cc12.CN(C)CCc1c[nH]c2ccc(Cn3cncn3)cc12.CNS(=O)(=O)CCc1ccc2[nH]cc(C3CCN(C)CC3)c2c1. The molecule has 6 aromatic heterocycles. The number of piperidine rings is 1. The number of carbonyl (C=O) groups is 1. The van der Waals surface area contributed by atoms with Crippen molar-refractivity contribution in [1.82, 2.24) is 73.2 Å². The maximum absolute atomic E-state index is 12.5. The van der Waals surface area contributed by atoms with Crippen molar-refractivity contribution in [2.24, 2.45) is 5.92 Å². The Kier molecular flexibility index (Phi) is 28.8. The minimum absolute atomic E-state index is 0.0607. The molecule has 3 fully saturated rings. The zero-order valence-electron chi connectivity index (χ0n) is 64.5. The summed E-state index contributed by atoms with van der Waals surface area (Å²) < 4.78 is 82.5. The number of carbonyl (C=O) groups excluding carboxylic acids is 1. The lowest BCUT2D eigenvalue weighted by molar-refractivity contribution is -0.137. The summed E-state index contributed by atoms with van der Waals surface area (Å²) >= 11 is 0. The number of likely N-dealkylation sites (N-methyl/N-ethyl adjacent to an activating group) is 4. The Morgan fingerprint density at radius 2 is 0.963 bits per heavy atom. The molecule has 0 radical (unpaired) electrons.